The number of allylic oxidation sites excluding steroid dienone is 3. The Morgan fingerprint density at radius 2 is 2.15 bits per heavy atom. The smallest absolute Gasteiger partial charge is 0.244 e. The van der Waals surface area contributed by atoms with Crippen molar-refractivity contribution in [3.05, 3.63) is 35.7 Å². The molecule has 0 spiro atoms. The first-order valence-electron chi connectivity index (χ1n) is 3.36. The number of hydrogen-bond acceptors (Lipinski definition) is 2. The molecule has 13 heavy (non-hydrogen) atoms. The van der Waals surface area contributed by atoms with Gasteiger partial charge in [-0.15, -0.1) is 12.2 Å². The van der Waals surface area contributed by atoms with E-state index in [1.54, 1.807) is 6.92 Å². The Kier molecular flexibility index (Phi) is 4.96. The number of hydrazine groups is 1. The molecule has 0 saturated carbocycles. The molecule has 0 saturated heterocycles. The van der Waals surface area contributed by atoms with Crippen LogP contribution in [0.25, 0.3) is 0 Å². The maximum absolute atomic E-state index is 12.3. The average Bonchev–Trinajstić information content (AvgIpc) is 1.96. The molecule has 1 heterocycles. The van der Waals surface area contributed by atoms with Gasteiger partial charge in [0.25, 0.3) is 0 Å². The number of rotatable bonds is 1. The summed E-state index contributed by atoms with van der Waals surface area (Å²) in [5.74, 6) is 5.32. The largest absolute Gasteiger partial charge is 0.394 e. The fraction of sp³-hybridized carbons (Fsp3) is 0.250. The Morgan fingerprint density at radius 1 is 1.62 bits per heavy atom. The standard InChI is InChI=1S/C8H9F2N2.Y/c1-5-3-7(8(9)10)6(2)12(11)4-5;/h3,8H,2,11H2,1H3;/q-1;. The predicted octanol–water partition coefficient (Wildman–Crippen LogP) is 1.59. The van der Waals surface area contributed by atoms with Crippen LogP contribution in [0.2, 0.25) is 0 Å². The van der Waals surface area contributed by atoms with Gasteiger partial charge in [-0.1, -0.05) is 24.4 Å². The van der Waals surface area contributed by atoms with Gasteiger partial charge in [0, 0.05) is 32.7 Å². The van der Waals surface area contributed by atoms with E-state index in [1.165, 1.54) is 6.08 Å². The van der Waals surface area contributed by atoms with Crippen molar-refractivity contribution in [1.29, 1.82) is 0 Å². The molecule has 69 valence electrons. The molecule has 1 rings (SSSR count). The summed E-state index contributed by atoms with van der Waals surface area (Å²) in [6.45, 7) is 5.06. The molecule has 0 aromatic rings. The van der Waals surface area contributed by atoms with Crippen molar-refractivity contribution in [3.63, 3.8) is 0 Å². The maximum Gasteiger partial charge on any atom is 0.244 e. The normalized spacial score (nSPS) is 16.7. The SMILES string of the molecule is C=C1C(C(F)F)=CC(C)=[C-]N1N.[Y]. The Hall–Kier alpha value is -0.0561. The summed E-state index contributed by atoms with van der Waals surface area (Å²) in [6.07, 6.45) is 1.42. The summed E-state index contributed by atoms with van der Waals surface area (Å²) in [5.41, 5.74) is 0.518. The van der Waals surface area contributed by atoms with Crippen molar-refractivity contribution in [1.82, 2.24) is 5.01 Å². The van der Waals surface area contributed by atoms with E-state index in [0.29, 0.717) is 5.57 Å². The van der Waals surface area contributed by atoms with Crippen LogP contribution >= 0.6 is 0 Å². The third kappa shape index (κ3) is 2.97. The number of nitrogens with two attached hydrogens (primary N) is 1. The fourth-order valence-electron chi connectivity index (χ4n) is 0.934. The first kappa shape index (κ1) is 12.9. The van der Waals surface area contributed by atoms with Gasteiger partial charge in [-0.2, -0.15) is 6.08 Å². The maximum atomic E-state index is 12.3. The van der Waals surface area contributed by atoms with Gasteiger partial charge in [0.2, 0.25) is 6.43 Å². The first-order chi connectivity index (χ1) is 5.52. The molecule has 1 radical (unpaired) electrons. The molecule has 5 heteroatoms. The number of halogens is 2. The van der Waals surface area contributed by atoms with Crippen molar-refractivity contribution >= 4 is 0 Å². The monoisotopic (exact) mass is 260 g/mol. The van der Waals surface area contributed by atoms with Gasteiger partial charge in [-0.3, -0.25) is 5.84 Å². The van der Waals surface area contributed by atoms with Crippen LogP contribution < -0.4 is 5.84 Å². The van der Waals surface area contributed by atoms with Gasteiger partial charge in [0.15, 0.2) is 0 Å². The van der Waals surface area contributed by atoms with E-state index in [2.05, 4.69) is 12.8 Å². The Bertz CT molecular complexity index is 271. The number of nitrogens with zero attached hydrogens (tertiary/aromatic N) is 1. The summed E-state index contributed by atoms with van der Waals surface area (Å²) in [7, 11) is 0. The van der Waals surface area contributed by atoms with Crippen LogP contribution in [-0.4, -0.2) is 11.4 Å². The molecular weight excluding hydrogens is 251 g/mol. The molecule has 0 amide bonds. The molecule has 2 N–H and O–H groups in total. The van der Waals surface area contributed by atoms with Gasteiger partial charge in [-0.05, 0) is 0 Å². The zero-order valence-electron chi connectivity index (χ0n) is 7.22. The third-order valence-corrected chi connectivity index (χ3v) is 1.53. The number of alkyl halides is 2. The minimum atomic E-state index is -2.54. The zero-order valence-corrected chi connectivity index (χ0v) is 10.1. The molecule has 1 aliphatic rings. The molecule has 0 unspecified atom stereocenters. The van der Waals surface area contributed by atoms with Crippen LogP contribution in [0.4, 0.5) is 8.78 Å². The third-order valence-electron chi connectivity index (χ3n) is 1.53. The van der Waals surface area contributed by atoms with Crippen molar-refractivity contribution in [3.8, 4) is 0 Å². The topological polar surface area (TPSA) is 29.3 Å². The molecule has 0 atom stereocenters. The summed E-state index contributed by atoms with van der Waals surface area (Å²) in [5, 5.41) is 0.983. The summed E-state index contributed by atoms with van der Waals surface area (Å²) >= 11 is 0. The Labute approximate surface area is 101 Å². The molecule has 1 aliphatic heterocycles. The predicted molar refractivity (Wildman–Crippen MR) is 41.7 cm³/mol. The molecule has 0 aromatic heterocycles. The van der Waals surface area contributed by atoms with Gasteiger partial charge >= 0.3 is 0 Å². The second kappa shape index (κ2) is 4.98. The summed E-state index contributed by atoms with van der Waals surface area (Å²) in [4.78, 5) is 0. The molecule has 2 nitrogen and oxygen atoms in total. The molecule has 0 bridgehead atoms. The van der Waals surface area contributed by atoms with Crippen molar-refractivity contribution < 1.29 is 41.5 Å². The minimum absolute atomic E-state index is 0. The summed E-state index contributed by atoms with van der Waals surface area (Å²) in [6, 6.07) is 0. The first-order valence-corrected chi connectivity index (χ1v) is 3.36. The summed E-state index contributed by atoms with van der Waals surface area (Å²) < 4.78 is 24.5. The number of hydrogen-bond donors (Lipinski definition) is 1. The van der Waals surface area contributed by atoms with Crippen LogP contribution in [0.3, 0.4) is 0 Å². The van der Waals surface area contributed by atoms with Crippen molar-refractivity contribution in [2.45, 2.75) is 13.3 Å². The van der Waals surface area contributed by atoms with Crippen LogP contribution in [0.15, 0.2) is 29.5 Å². The van der Waals surface area contributed by atoms with E-state index in [0.717, 1.165) is 5.01 Å². The minimum Gasteiger partial charge on any atom is -0.394 e. The molecule has 0 aliphatic carbocycles. The molecule has 0 aromatic carbocycles. The fourth-order valence-corrected chi connectivity index (χ4v) is 0.934. The Morgan fingerprint density at radius 3 is 2.62 bits per heavy atom. The Balaban J connectivity index is 0.00000144. The molecular formula is C8H9F2N2Y-. The average molecular weight is 260 g/mol. The van der Waals surface area contributed by atoms with E-state index in [4.69, 9.17) is 5.84 Å². The van der Waals surface area contributed by atoms with Gasteiger partial charge in [-0.25, -0.2) is 8.78 Å². The van der Waals surface area contributed by atoms with Crippen LogP contribution in [-0.2, 0) is 32.7 Å². The molecule has 0 fully saturated rings. The van der Waals surface area contributed by atoms with Gasteiger partial charge in [0.1, 0.15) is 0 Å². The van der Waals surface area contributed by atoms with Crippen molar-refractivity contribution in [2.24, 2.45) is 5.84 Å². The van der Waals surface area contributed by atoms with Gasteiger partial charge in [0.05, 0.1) is 0 Å². The van der Waals surface area contributed by atoms with Crippen LogP contribution in [0, 0.1) is 6.20 Å². The second-order valence-corrected chi connectivity index (χ2v) is 2.51. The van der Waals surface area contributed by atoms with E-state index in [1.807, 2.05) is 0 Å². The quantitative estimate of drug-likeness (QED) is 0.573. The van der Waals surface area contributed by atoms with Crippen LogP contribution in [0.5, 0.6) is 0 Å². The van der Waals surface area contributed by atoms with E-state index in [-0.39, 0.29) is 44.0 Å². The van der Waals surface area contributed by atoms with E-state index >= 15 is 0 Å². The second-order valence-electron chi connectivity index (χ2n) is 2.51. The van der Waals surface area contributed by atoms with Gasteiger partial charge < -0.3 is 5.01 Å². The van der Waals surface area contributed by atoms with Crippen molar-refractivity contribution in [2.75, 3.05) is 0 Å². The van der Waals surface area contributed by atoms with E-state index in [9.17, 15) is 8.78 Å². The van der Waals surface area contributed by atoms with Crippen LogP contribution in [0.1, 0.15) is 6.92 Å². The zero-order chi connectivity index (χ0) is 9.30. The van der Waals surface area contributed by atoms with E-state index < -0.39 is 6.43 Å².